The van der Waals surface area contributed by atoms with Crippen LogP contribution in [0.15, 0.2) is 60.7 Å². The molecule has 6 heteroatoms. The van der Waals surface area contributed by atoms with E-state index in [0.717, 1.165) is 37.1 Å². The molecular weight excluding hydrogens is 404 g/mol. The van der Waals surface area contributed by atoms with Crippen LogP contribution in [0.1, 0.15) is 28.7 Å². The van der Waals surface area contributed by atoms with E-state index in [1.165, 1.54) is 22.8 Å². The summed E-state index contributed by atoms with van der Waals surface area (Å²) in [5.74, 6) is -0.320. The first-order valence-electron chi connectivity index (χ1n) is 10.8. The topological polar surface area (TPSA) is 78.9 Å². The number of aliphatic hydroxyl groups excluding tert-OH is 1. The summed E-state index contributed by atoms with van der Waals surface area (Å²) >= 11 is 0. The Morgan fingerprint density at radius 1 is 1.12 bits per heavy atom. The van der Waals surface area contributed by atoms with Crippen LogP contribution in [-0.4, -0.2) is 55.2 Å². The Bertz CT molecular complexity index is 980. The van der Waals surface area contributed by atoms with E-state index >= 15 is 0 Å². The fourth-order valence-electron chi connectivity index (χ4n) is 3.71. The second-order valence-corrected chi connectivity index (χ2v) is 7.70. The summed E-state index contributed by atoms with van der Waals surface area (Å²) in [5, 5.41) is 11.3. The minimum atomic E-state index is -0.484. The highest BCUT2D eigenvalue weighted by Gasteiger charge is 2.15. The van der Waals surface area contributed by atoms with E-state index in [0.29, 0.717) is 13.2 Å². The van der Waals surface area contributed by atoms with E-state index in [1.54, 1.807) is 13.1 Å². The first-order chi connectivity index (χ1) is 15.6. The van der Waals surface area contributed by atoms with Gasteiger partial charge in [0.15, 0.2) is 5.78 Å². The van der Waals surface area contributed by atoms with Gasteiger partial charge in [-0.1, -0.05) is 60.7 Å². The smallest absolute Gasteiger partial charge is 0.406 e. The Morgan fingerprint density at radius 2 is 1.91 bits per heavy atom. The number of ether oxygens (including phenoxy) is 1. The van der Waals surface area contributed by atoms with Crippen LogP contribution < -0.4 is 5.32 Å². The van der Waals surface area contributed by atoms with Crippen LogP contribution >= 0.6 is 0 Å². The molecule has 0 aromatic heterocycles. The molecule has 0 radical (unpaired) electrons. The van der Waals surface area contributed by atoms with E-state index in [2.05, 4.69) is 40.6 Å². The van der Waals surface area contributed by atoms with Gasteiger partial charge in [0.1, 0.15) is 13.2 Å². The number of alkyl carbamates (subject to hydrolysis) is 1. The van der Waals surface area contributed by atoms with Crippen molar-refractivity contribution in [2.75, 3.05) is 33.4 Å². The molecule has 1 aliphatic rings. The van der Waals surface area contributed by atoms with E-state index in [4.69, 9.17) is 9.84 Å². The van der Waals surface area contributed by atoms with Crippen molar-refractivity contribution in [3.8, 4) is 0 Å². The van der Waals surface area contributed by atoms with Crippen molar-refractivity contribution in [2.45, 2.75) is 19.4 Å². The Hall–Kier alpha value is -3.22. The van der Waals surface area contributed by atoms with Gasteiger partial charge in [-0.15, -0.1) is 0 Å². The molecule has 2 aromatic carbocycles. The third-order valence-corrected chi connectivity index (χ3v) is 5.48. The van der Waals surface area contributed by atoms with Gasteiger partial charge in [0.25, 0.3) is 0 Å². The number of hydrogen-bond donors (Lipinski definition) is 2. The number of rotatable bonds is 11. The highest BCUT2D eigenvalue weighted by Crippen LogP contribution is 2.29. The quantitative estimate of drug-likeness (QED) is 0.530. The zero-order chi connectivity index (χ0) is 22.8. The van der Waals surface area contributed by atoms with E-state index < -0.39 is 12.7 Å². The van der Waals surface area contributed by atoms with Crippen molar-refractivity contribution >= 4 is 23.5 Å². The largest absolute Gasteiger partial charge is 0.448 e. The highest BCUT2D eigenvalue weighted by molar-refractivity contribution is 5.94. The van der Waals surface area contributed by atoms with Gasteiger partial charge >= 0.3 is 6.09 Å². The molecular formula is C26H30N2O4. The van der Waals surface area contributed by atoms with Crippen molar-refractivity contribution in [3.63, 3.8) is 0 Å². The number of nitrogens with one attached hydrogen (secondary N) is 1. The monoisotopic (exact) mass is 434 g/mol. The molecule has 0 spiro atoms. The Balaban J connectivity index is 1.61. The van der Waals surface area contributed by atoms with Crippen molar-refractivity contribution in [1.29, 1.82) is 0 Å². The Kier molecular flexibility index (Phi) is 8.78. The minimum absolute atomic E-state index is 0.319. The van der Waals surface area contributed by atoms with Crippen LogP contribution in [0.5, 0.6) is 0 Å². The molecule has 32 heavy (non-hydrogen) atoms. The molecule has 0 atom stereocenters. The van der Waals surface area contributed by atoms with Crippen molar-refractivity contribution in [2.24, 2.45) is 0 Å². The van der Waals surface area contributed by atoms with Gasteiger partial charge in [-0.2, -0.15) is 0 Å². The second kappa shape index (κ2) is 12.0. The molecule has 2 aromatic rings. The fourth-order valence-corrected chi connectivity index (χ4v) is 3.71. The third-order valence-electron chi connectivity index (χ3n) is 5.48. The maximum Gasteiger partial charge on any atom is 0.406 e. The van der Waals surface area contributed by atoms with Gasteiger partial charge in [-0.25, -0.2) is 4.79 Å². The molecule has 0 bridgehead atoms. The maximum absolute atomic E-state index is 11.4. The number of allylic oxidation sites excluding steroid dienone is 1. The zero-order valence-electron chi connectivity index (χ0n) is 18.4. The minimum Gasteiger partial charge on any atom is -0.448 e. The molecule has 2 N–H and O–H groups in total. The number of carbonyl (C=O) groups is 2. The number of aliphatic hydroxyl groups is 1. The van der Waals surface area contributed by atoms with Gasteiger partial charge in [0.2, 0.25) is 0 Å². The molecule has 0 aliphatic heterocycles. The van der Waals surface area contributed by atoms with Gasteiger partial charge in [-0.05, 0) is 46.7 Å². The molecule has 0 saturated carbocycles. The molecule has 0 fully saturated rings. The van der Waals surface area contributed by atoms with Gasteiger partial charge in [0.05, 0.1) is 0 Å². The Morgan fingerprint density at radius 3 is 2.66 bits per heavy atom. The average Bonchev–Trinajstić information content (AvgIpc) is 3.24. The number of amides is 1. The molecule has 168 valence electrons. The third kappa shape index (κ3) is 6.90. The highest BCUT2D eigenvalue weighted by atomic mass is 16.5. The lowest BCUT2D eigenvalue weighted by Gasteiger charge is -2.23. The lowest BCUT2D eigenvalue weighted by molar-refractivity contribution is -0.117. The van der Waals surface area contributed by atoms with Crippen molar-refractivity contribution < 1.29 is 19.4 Å². The Labute approximate surface area is 189 Å². The van der Waals surface area contributed by atoms with Crippen LogP contribution in [-0.2, 0) is 22.5 Å². The first kappa shape index (κ1) is 23.4. The first-order valence-corrected chi connectivity index (χ1v) is 10.8. The molecule has 0 saturated heterocycles. The van der Waals surface area contributed by atoms with E-state index in [1.807, 2.05) is 24.3 Å². The summed E-state index contributed by atoms with van der Waals surface area (Å²) < 4.78 is 5.20. The SMILES string of the molecule is CNC(=O)OCCN(CCC1=CCc2ccccc21)Cc1ccc(/C=C/C(=O)CO)cc1. The van der Waals surface area contributed by atoms with Crippen molar-refractivity contribution in [1.82, 2.24) is 10.2 Å². The standard InChI is InChI=1S/C26H30N2O4/c1-27-26(31)32-17-16-28(15-14-23-12-11-22-4-2-3-5-25(22)23)18-21-8-6-20(7-9-21)10-13-24(30)19-29/h2-10,12-13,29H,11,14-19H2,1H3,(H,27,31)/b13-10+. The number of hydrogen-bond acceptors (Lipinski definition) is 5. The average molecular weight is 435 g/mol. The zero-order valence-corrected chi connectivity index (χ0v) is 18.4. The second-order valence-electron chi connectivity index (χ2n) is 7.70. The van der Waals surface area contributed by atoms with Crippen molar-refractivity contribution in [3.05, 3.63) is 82.9 Å². The fraction of sp³-hybridized carbons (Fsp3) is 0.308. The summed E-state index contributed by atoms with van der Waals surface area (Å²) in [6, 6.07) is 16.5. The van der Waals surface area contributed by atoms with Crippen LogP contribution in [0.25, 0.3) is 11.6 Å². The summed E-state index contributed by atoms with van der Waals surface area (Å²) in [7, 11) is 1.55. The number of nitrogens with zero attached hydrogens (tertiary/aromatic N) is 1. The molecule has 0 heterocycles. The van der Waals surface area contributed by atoms with Gasteiger partial charge in [-0.3, -0.25) is 9.69 Å². The predicted molar refractivity (Wildman–Crippen MR) is 126 cm³/mol. The molecule has 0 unspecified atom stereocenters. The lowest BCUT2D eigenvalue weighted by atomic mass is 10.0. The normalized spacial score (nSPS) is 12.7. The molecule has 6 nitrogen and oxygen atoms in total. The van der Waals surface area contributed by atoms with E-state index in [9.17, 15) is 9.59 Å². The predicted octanol–water partition coefficient (Wildman–Crippen LogP) is 3.45. The van der Waals surface area contributed by atoms with Crippen LogP contribution in [0.3, 0.4) is 0 Å². The van der Waals surface area contributed by atoms with Gasteiger partial charge < -0.3 is 15.2 Å². The summed E-state index contributed by atoms with van der Waals surface area (Å²) in [6.07, 6.45) is 6.87. The molecule has 1 amide bonds. The summed E-state index contributed by atoms with van der Waals surface area (Å²) in [4.78, 5) is 24.9. The lowest BCUT2D eigenvalue weighted by Crippen LogP contribution is -2.30. The number of benzene rings is 2. The van der Waals surface area contributed by atoms with E-state index in [-0.39, 0.29) is 5.78 Å². The molecule has 3 rings (SSSR count). The number of fused-ring (bicyclic) bond motifs is 1. The molecule has 1 aliphatic carbocycles. The van der Waals surface area contributed by atoms with Gasteiger partial charge in [0, 0.05) is 26.7 Å². The van der Waals surface area contributed by atoms with Crippen LogP contribution in [0.4, 0.5) is 4.79 Å². The number of carbonyl (C=O) groups excluding carboxylic acids is 2. The summed E-state index contributed by atoms with van der Waals surface area (Å²) in [5.41, 5.74) is 6.11. The summed E-state index contributed by atoms with van der Waals surface area (Å²) in [6.45, 7) is 2.05. The van der Waals surface area contributed by atoms with Crippen LogP contribution in [0, 0.1) is 0 Å². The number of ketones is 1. The maximum atomic E-state index is 11.4. The van der Waals surface area contributed by atoms with Crippen LogP contribution in [0.2, 0.25) is 0 Å².